The summed E-state index contributed by atoms with van der Waals surface area (Å²) in [5.74, 6) is 2.25. The number of carbonyl (C=O) groups is 1. The van der Waals surface area contributed by atoms with E-state index in [0.717, 1.165) is 19.3 Å². The van der Waals surface area contributed by atoms with Gasteiger partial charge in [0.1, 0.15) is 5.78 Å². The van der Waals surface area contributed by atoms with Crippen molar-refractivity contribution in [2.45, 2.75) is 66.7 Å². The quantitative estimate of drug-likeness (QED) is 0.596. The molecule has 1 fully saturated rings. The molecule has 3 aliphatic carbocycles. The number of hydrogen-bond donors (Lipinski definition) is 0. The van der Waals surface area contributed by atoms with Crippen molar-refractivity contribution in [3.63, 3.8) is 0 Å². The van der Waals surface area contributed by atoms with E-state index in [4.69, 9.17) is 0 Å². The van der Waals surface area contributed by atoms with Crippen molar-refractivity contribution in [1.82, 2.24) is 0 Å². The zero-order valence-corrected chi connectivity index (χ0v) is 14.3. The lowest BCUT2D eigenvalue weighted by molar-refractivity contribution is -0.142. The molecule has 4 atom stereocenters. The van der Waals surface area contributed by atoms with Crippen LogP contribution >= 0.6 is 0 Å². The predicted octanol–water partition coefficient (Wildman–Crippen LogP) is 5.32. The Balaban J connectivity index is 2.05. The summed E-state index contributed by atoms with van der Waals surface area (Å²) in [6, 6.07) is 0. The first kappa shape index (κ1) is 15.1. The molecule has 0 heterocycles. The summed E-state index contributed by atoms with van der Waals surface area (Å²) in [7, 11) is 0. The summed E-state index contributed by atoms with van der Waals surface area (Å²) < 4.78 is 0. The lowest BCUT2D eigenvalue weighted by atomic mass is 9.50. The minimum atomic E-state index is -0.109. The second-order valence-electron chi connectivity index (χ2n) is 8.61. The molecule has 21 heavy (non-hydrogen) atoms. The fourth-order valence-electron chi connectivity index (χ4n) is 5.24. The van der Waals surface area contributed by atoms with Gasteiger partial charge in [-0.1, -0.05) is 51.0 Å². The van der Waals surface area contributed by atoms with Crippen molar-refractivity contribution >= 4 is 5.78 Å². The molecule has 0 spiro atoms. The lowest BCUT2D eigenvalue weighted by Gasteiger charge is -2.52. The molecule has 0 amide bonds. The molecule has 0 N–H and O–H groups in total. The Kier molecular flexibility index (Phi) is 3.46. The highest BCUT2D eigenvalue weighted by Crippen LogP contribution is 2.62. The van der Waals surface area contributed by atoms with E-state index in [0.29, 0.717) is 23.5 Å². The van der Waals surface area contributed by atoms with Gasteiger partial charge in [0, 0.05) is 11.8 Å². The van der Waals surface area contributed by atoms with Gasteiger partial charge >= 0.3 is 0 Å². The summed E-state index contributed by atoms with van der Waals surface area (Å²) in [5.41, 5.74) is 3.16. The zero-order valence-electron chi connectivity index (χ0n) is 14.3. The van der Waals surface area contributed by atoms with Crippen LogP contribution in [0.2, 0.25) is 0 Å². The molecule has 0 radical (unpaired) electrons. The number of rotatable bonds is 1. The molecule has 1 heteroatoms. The smallest absolute Gasteiger partial charge is 0.140 e. The van der Waals surface area contributed by atoms with Crippen LogP contribution in [-0.2, 0) is 4.79 Å². The summed E-state index contributed by atoms with van der Waals surface area (Å²) >= 11 is 0. The molecule has 0 aromatic carbocycles. The lowest BCUT2D eigenvalue weighted by Crippen LogP contribution is -2.51. The molecule has 0 saturated heterocycles. The standard InChI is InChI=1S/C20H30O/c1-13(2)15-9-11-20(5)17(21)12-19(4)10-8-14(3)6-7-16(19)18(15)20/h8-9,13,16,18H,6-7,10-12H2,1-5H3. The topological polar surface area (TPSA) is 17.1 Å². The second kappa shape index (κ2) is 4.83. The molecular weight excluding hydrogens is 256 g/mol. The van der Waals surface area contributed by atoms with E-state index in [2.05, 4.69) is 46.8 Å². The molecule has 0 aliphatic heterocycles. The maximum Gasteiger partial charge on any atom is 0.140 e. The SMILES string of the molecule is CC1=CCC2(C)CC(=O)C3(C)CC=C(C(C)C)C3C2CC1. The molecule has 0 aromatic heterocycles. The van der Waals surface area contributed by atoms with Gasteiger partial charge < -0.3 is 0 Å². The van der Waals surface area contributed by atoms with Gasteiger partial charge in [-0.25, -0.2) is 0 Å². The highest BCUT2D eigenvalue weighted by molar-refractivity contribution is 5.88. The van der Waals surface area contributed by atoms with Crippen LogP contribution in [0.5, 0.6) is 0 Å². The second-order valence-corrected chi connectivity index (χ2v) is 8.61. The Morgan fingerprint density at radius 1 is 1.19 bits per heavy atom. The van der Waals surface area contributed by atoms with E-state index < -0.39 is 0 Å². The first-order valence-corrected chi connectivity index (χ1v) is 8.67. The van der Waals surface area contributed by atoms with Crippen LogP contribution in [0.1, 0.15) is 66.7 Å². The largest absolute Gasteiger partial charge is 0.299 e. The van der Waals surface area contributed by atoms with E-state index in [-0.39, 0.29) is 10.8 Å². The van der Waals surface area contributed by atoms with Gasteiger partial charge in [0.2, 0.25) is 0 Å². The third-order valence-electron chi connectivity index (χ3n) is 6.74. The van der Waals surface area contributed by atoms with Crippen molar-refractivity contribution < 1.29 is 4.79 Å². The summed E-state index contributed by atoms with van der Waals surface area (Å²) in [4.78, 5) is 13.0. The molecule has 0 bridgehead atoms. The third kappa shape index (κ3) is 2.15. The molecule has 0 aromatic rings. The molecule has 1 nitrogen and oxygen atoms in total. The van der Waals surface area contributed by atoms with Crippen LogP contribution in [0, 0.1) is 28.6 Å². The first-order chi connectivity index (χ1) is 9.78. The number of Topliss-reactive ketones (excluding diaryl/α,β-unsaturated/α-hetero) is 1. The number of ketones is 1. The van der Waals surface area contributed by atoms with Crippen molar-refractivity contribution in [1.29, 1.82) is 0 Å². The number of allylic oxidation sites excluding steroid dienone is 4. The minimum absolute atomic E-state index is 0.109. The molecular formula is C20H30O. The number of hydrogen-bond acceptors (Lipinski definition) is 1. The highest BCUT2D eigenvalue weighted by Gasteiger charge is 2.58. The van der Waals surface area contributed by atoms with E-state index in [9.17, 15) is 4.79 Å². The van der Waals surface area contributed by atoms with Crippen LogP contribution in [0.3, 0.4) is 0 Å². The van der Waals surface area contributed by atoms with Crippen LogP contribution < -0.4 is 0 Å². The normalized spacial score (nSPS) is 43.0. The number of carbonyl (C=O) groups excluding carboxylic acids is 1. The molecule has 3 rings (SSSR count). The minimum Gasteiger partial charge on any atom is -0.299 e. The van der Waals surface area contributed by atoms with Gasteiger partial charge in [-0.3, -0.25) is 4.79 Å². The summed E-state index contributed by atoms with van der Waals surface area (Å²) in [5, 5.41) is 0. The predicted molar refractivity (Wildman–Crippen MR) is 88.0 cm³/mol. The molecule has 4 unspecified atom stereocenters. The van der Waals surface area contributed by atoms with Gasteiger partial charge in [0.25, 0.3) is 0 Å². The maximum absolute atomic E-state index is 13.0. The van der Waals surface area contributed by atoms with Crippen LogP contribution in [0.15, 0.2) is 23.3 Å². The Hall–Kier alpha value is -0.850. The van der Waals surface area contributed by atoms with E-state index >= 15 is 0 Å². The fourth-order valence-corrected chi connectivity index (χ4v) is 5.24. The average Bonchev–Trinajstić information content (AvgIpc) is 2.69. The highest BCUT2D eigenvalue weighted by atomic mass is 16.1. The Bertz CT molecular complexity index is 524. The van der Waals surface area contributed by atoms with Crippen molar-refractivity contribution in [2.75, 3.05) is 0 Å². The van der Waals surface area contributed by atoms with Gasteiger partial charge in [-0.05, 0) is 55.8 Å². The summed E-state index contributed by atoms with van der Waals surface area (Å²) in [6.07, 6.45) is 10.1. The van der Waals surface area contributed by atoms with E-state index in [1.54, 1.807) is 5.57 Å². The third-order valence-corrected chi connectivity index (χ3v) is 6.74. The van der Waals surface area contributed by atoms with Gasteiger partial charge in [0.15, 0.2) is 0 Å². The van der Waals surface area contributed by atoms with Gasteiger partial charge in [-0.2, -0.15) is 0 Å². The fraction of sp³-hybridized carbons (Fsp3) is 0.750. The number of fused-ring (bicyclic) bond motifs is 3. The molecule has 1 saturated carbocycles. The Labute approximate surface area is 129 Å². The molecule has 3 aliphatic rings. The average molecular weight is 286 g/mol. The van der Waals surface area contributed by atoms with E-state index in [1.807, 2.05) is 0 Å². The zero-order chi connectivity index (χ0) is 15.4. The Morgan fingerprint density at radius 2 is 1.90 bits per heavy atom. The van der Waals surface area contributed by atoms with Crippen LogP contribution in [-0.4, -0.2) is 5.78 Å². The van der Waals surface area contributed by atoms with E-state index in [1.165, 1.54) is 18.4 Å². The van der Waals surface area contributed by atoms with Crippen molar-refractivity contribution in [3.05, 3.63) is 23.3 Å². The maximum atomic E-state index is 13.0. The first-order valence-electron chi connectivity index (χ1n) is 8.67. The van der Waals surface area contributed by atoms with Crippen molar-refractivity contribution in [2.24, 2.45) is 28.6 Å². The molecule has 116 valence electrons. The van der Waals surface area contributed by atoms with Crippen LogP contribution in [0.4, 0.5) is 0 Å². The van der Waals surface area contributed by atoms with Gasteiger partial charge in [-0.15, -0.1) is 0 Å². The van der Waals surface area contributed by atoms with Crippen molar-refractivity contribution in [3.8, 4) is 0 Å². The summed E-state index contributed by atoms with van der Waals surface area (Å²) in [6.45, 7) is 11.5. The monoisotopic (exact) mass is 286 g/mol. The van der Waals surface area contributed by atoms with Crippen LogP contribution in [0.25, 0.3) is 0 Å². The Morgan fingerprint density at radius 3 is 2.57 bits per heavy atom. The van der Waals surface area contributed by atoms with Gasteiger partial charge in [0.05, 0.1) is 0 Å².